The number of carboxylic acid groups (broad SMARTS) is 1. The Hall–Kier alpha value is -0.830. The average molecular weight is 228 g/mol. The molecule has 0 spiro atoms. The predicted molar refractivity (Wildman–Crippen MR) is 65.3 cm³/mol. The van der Waals surface area contributed by atoms with E-state index in [4.69, 9.17) is 10.2 Å². The fourth-order valence-electron chi connectivity index (χ4n) is 1.48. The molecular formula is C13H24O3. The van der Waals surface area contributed by atoms with E-state index in [2.05, 4.69) is 19.1 Å². The number of aliphatic hydroxyl groups is 1. The minimum atomic E-state index is -0.708. The number of rotatable bonds is 10. The second kappa shape index (κ2) is 10.7. The van der Waals surface area contributed by atoms with Crippen LogP contribution in [-0.4, -0.2) is 22.8 Å². The number of hydrogen-bond acceptors (Lipinski definition) is 2. The summed E-state index contributed by atoms with van der Waals surface area (Å²) in [4.78, 5) is 10.3. The molecule has 94 valence electrons. The second-order valence-corrected chi connectivity index (χ2v) is 4.32. The van der Waals surface area contributed by atoms with Crippen LogP contribution in [0.4, 0.5) is 0 Å². The molecule has 3 heteroatoms. The van der Waals surface area contributed by atoms with Crippen LogP contribution in [0.3, 0.4) is 0 Å². The standard InChI is InChI=1S/C13H24O3/c1-12(9-10-13(15)16)8-6-4-2-3-5-7-11-14/h4,6,12,14H,2-3,5,7-11H2,1H3,(H,15,16)/b6-4+. The normalized spacial score (nSPS) is 13.1. The molecule has 0 saturated heterocycles. The maximum atomic E-state index is 10.3. The van der Waals surface area contributed by atoms with Gasteiger partial charge in [-0.15, -0.1) is 0 Å². The number of aliphatic carboxylic acids is 1. The molecule has 0 aromatic heterocycles. The van der Waals surface area contributed by atoms with Gasteiger partial charge in [0, 0.05) is 13.0 Å². The monoisotopic (exact) mass is 228 g/mol. The summed E-state index contributed by atoms with van der Waals surface area (Å²) in [6, 6.07) is 0. The van der Waals surface area contributed by atoms with Crippen LogP contribution in [0.5, 0.6) is 0 Å². The number of aliphatic hydroxyl groups excluding tert-OH is 1. The van der Waals surface area contributed by atoms with Crippen LogP contribution in [0, 0.1) is 5.92 Å². The zero-order valence-electron chi connectivity index (χ0n) is 10.2. The molecule has 0 heterocycles. The van der Waals surface area contributed by atoms with Crippen molar-refractivity contribution in [3.63, 3.8) is 0 Å². The third-order valence-electron chi connectivity index (χ3n) is 2.59. The molecule has 0 aromatic carbocycles. The van der Waals surface area contributed by atoms with Gasteiger partial charge in [-0.05, 0) is 38.0 Å². The number of hydrogen-bond donors (Lipinski definition) is 2. The van der Waals surface area contributed by atoms with Gasteiger partial charge in [0.25, 0.3) is 0 Å². The molecule has 2 N–H and O–H groups in total. The molecule has 0 aliphatic heterocycles. The maximum Gasteiger partial charge on any atom is 0.303 e. The summed E-state index contributed by atoms with van der Waals surface area (Å²) in [6.45, 7) is 2.37. The topological polar surface area (TPSA) is 57.5 Å². The Morgan fingerprint density at radius 1 is 1.25 bits per heavy atom. The predicted octanol–water partition coefficient (Wildman–Crippen LogP) is 2.99. The summed E-state index contributed by atoms with van der Waals surface area (Å²) in [5.74, 6) is -0.260. The highest BCUT2D eigenvalue weighted by Gasteiger charge is 2.02. The first kappa shape index (κ1) is 15.2. The molecule has 0 saturated carbocycles. The lowest BCUT2D eigenvalue weighted by atomic mass is 10.0. The number of carbonyl (C=O) groups is 1. The van der Waals surface area contributed by atoms with Crippen LogP contribution in [0.2, 0.25) is 0 Å². The van der Waals surface area contributed by atoms with Gasteiger partial charge in [-0.25, -0.2) is 0 Å². The van der Waals surface area contributed by atoms with E-state index in [1.165, 1.54) is 0 Å². The minimum absolute atomic E-state index is 0.269. The fourth-order valence-corrected chi connectivity index (χ4v) is 1.48. The van der Waals surface area contributed by atoms with Crippen molar-refractivity contribution in [2.75, 3.05) is 6.61 Å². The van der Waals surface area contributed by atoms with Gasteiger partial charge in [0.05, 0.1) is 0 Å². The van der Waals surface area contributed by atoms with Crippen molar-refractivity contribution in [1.29, 1.82) is 0 Å². The van der Waals surface area contributed by atoms with E-state index >= 15 is 0 Å². The zero-order chi connectivity index (χ0) is 12.2. The lowest BCUT2D eigenvalue weighted by Crippen LogP contribution is -1.99. The zero-order valence-corrected chi connectivity index (χ0v) is 10.2. The lowest BCUT2D eigenvalue weighted by Gasteiger charge is -2.05. The summed E-state index contributed by atoms with van der Waals surface area (Å²) in [5, 5.41) is 17.1. The smallest absolute Gasteiger partial charge is 0.303 e. The summed E-state index contributed by atoms with van der Waals surface area (Å²) < 4.78 is 0. The Kier molecular flexibility index (Phi) is 10.1. The first-order valence-electron chi connectivity index (χ1n) is 6.14. The molecule has 1 unspecified atom stereocenters. The first-order chi connectivity index (χ1) is 7.66. The summed E-state index contributed by atoms with van der Waals surface area (Å²) in [7, 11) is 0. The largest absolute Gasteiger partial charge is 0.481 e. The average Bonchev–Trinajstić information content (AvgIpc) is 2.25. The molecule has 1 atom stereocenters. The molecule has 16 heavy (non-hydrogen) atoms. The molecule has 3 nitrogen and oxygen atoms in total. The van der Waals surface area contributed by atoms with Crippen LogP contribution in [-0.2, 0) is 4.79 Å². The van der Waals surface area contributed by atoms with Crippen molar-refractivity contribution in [3.8, 4) is 0 Å². The van der Waals surface area contributed by atoms with Crippen molar-refractivity contribution in [2.24, 2.45) is 5.92 Å². The van der Waals surface area contributed by atoms with E-state index in [1.54, 1.807) is 0 Å². The minimum Gasteiger partial charge on any atom is -0.481 e. The molecule has 0 amide bonds. The molecule has 0 radical (unpaired) electrons. The van der Waals surface area contributed by atoms with Gasteiger partial charge in [-0.1, -0.05) is 25.5 Å². The van der Waals surface area contributed by atoms with Crippen LogP contribution in [0.25, 0.3) is 0 Å². The van der Waals surface area contributed by atoms with E-state index in [0.29, 0.717) is 5.92 Å². The Morgan fingerprint density at radius 2 is 2.00 bits per heavy atom. The van der Waals surface area contributed by atoms with E-state index in [1.807, 2.05) is 0 Å². The van der Waals surface area contributed by atoms with E-state index < -0.39 is 5.97 Å². The highest BCUT2D eigenvalue weighted by Crippen LogP contribution is 2.11. The van der Waals surface area contributed by atoms with Crippen molar-refractivity contribution in [1.82, 2.24) is 0 Å². The highest BCUT2D eigenvalue weighted by molar-refractivity contribution is 5.66. The lowest BCUT2D eigenvalue weighted by molar-refractivity contribution is -0.137. The van der Waals surface area contributed by atoms with Gasteiger partial charge < -0.3 is 10.2 Å². The van der Waals surface area contributed by atoms with Crippen molar-refractivity contribution >= 4 is 5.97 Å². The van der Waals surface area contributed by atoms with Gasteiger partial charge in [-0.2, -0.15) is 0 Å². The Balaban J connectivity index is 3.33. The summed E-state index contributed by atoms with van der Waals surface area (Å²) >= 11 is 0. The Bertz CT molecular complexity index is 199. The number of carboxylic acids is 1. The molecule has 0 rings (SSSR count). The molecule has 0 aliphatic carbocycles. The third kappa shape index (κ3) is 11.2. The SMILES string of the molecule is CC(C/C=C/CCCCCO)CCC(=O)O. The number of allylic oxidation sites excluding steroid dienone is 2. The van der Waals surface area contributed by atoms with Gasteiger partial charge in [-0.3, -0.25) is 4.79 Å². The van der Waals surface area contributed by atoms with Crippen molar-refractivity contribution in [2.45, 2.75) is 51.9 Å². The Morgan fingerprint density at radius 3 is 2.62 bits per heavy atom. The summed E-state index contributed by atoms with van der Waals surface area (Å²) in [5.41, 5.74) is 0. The third-order valence-corrected chi connectivity index (χ3v) is 2.59. The van der Waals surface area contributed by atoms with Gasteiger partial charge in [0.2, 0.25) is 0 Å². The fraction of sp³-hybridized carbons (Fsp3) is 0.769. The first-order valence-corrected chi connectivity index (χ1v) is 6.14. The Labute approximate surface area is 98.2 Å². The second-order valence-electron chi connectivity index (χ2n) is 4.32. The van der Waals surface area contributed by atoms with Crippen LogP contribution >= 0.6 is 0 Å². The van der Waals surface area contributed by atoms with Gasteiger partial charge >= 0.3 is 5.97 Å². The molecule has 0 bridgehead atoms. The van der Waals surface area contributed by atoms with E-state index in [-0.39, 0.29) is 13.0 Å². The van der Waals surface area contributed by atoms with Crippen LogP contribution in [0.1, 0.15) is 51.9 Å². The quantitative estimate of drug-likeness (QED) is 0.446. The molecule has 0 aliphatic rings. The summed E-state index contributed by atoms with van der Waals surface area (Å²) in [6.07, 6.45) is 10.5. The number of unbranched alkanes of at least 4 members (excludes halogenated alkanes) is 3. The van der Waals surface area contributed by atoms with Gasteiger partial charge in [0.1, 0.15) is 0 Å². The highest BCUT2D eigenvalue weighted by atomic mass is 16.4. The molecular weight excluding hydrogens is 204 g/mol. The van der Waals surface area contributed by atoms with E-state index in [9.17, 15) is 4.79 Å². The van der Waals surface area contributed by atoms with Crippen LogP contribution < -0.4 is 0 Å². The van der Waals surface area contributed by atoms with Crippen molar-refractivity contribution in [3.05, 3.63) is 12.2 Å². The van der Waals surface area contributed by atoms with Crippen molar-refractivity contribution < 1.29 is 15.0 Å². The molecule has 0 aromatic rings. The van der Waals surface area contributed by atoms with Crippen LogP contribution in [0.15, 0.2) is 12.2 Å². The van der Waals surface area contributed by atoms with Gasteiger partial charge in [0.15, 0.2) is 0 Å². The molecule has 0 fully saturated rings. The maximum absolute atomic E-state index is 10.3. The van der Waals surface area contributed by atoms with E-state index in [0.717, 1.165) is 38.5 Å².